The van der Waals surface area contributed by atoms with Gasteiger partial charge in [0.05, 0.1) is 0 Å². The van der Waals surface area contributed by atoms with Crippen molar-refractivity contribution >= 4 is 33.4 Å². The first-order valence-corrected chi connectivity index (χ1v) is 7.16. The Labute approximate surface area is 114 Å². The van der Waals surface area contributed by atoms with Crippen LogP contribution < -0.4 is 5.32 Å². The molecule has 1 aromatic rings. The molecule has 1 saturated carbocycles. The zero-order chi connectivity index (χ0) is 12.0. The summed E-state index contributed by atoms with van der Waals surface area (Å²) >= 11 is 9.47. The van der Waals surface area contributed by atoms with Crippen molar-refractivity contribution in [2.75, 3.05) is 6.54 Å². The summed E-state index contributed by atoms with van der Waals surface area (Å²) in [4.78, 5) is 12.0. The molecule has 1 aliphatic heterocycles. The Morgan fingerprint density at radius 2 is 2.18 bits per heavy atom. The lowest BCUT2D eigenvalue weighted by Crippen LogP contribution is -2.51. The number of halogens is 2. The SMILES string of the molecule is O=C1NCC2(CCC2)c2c(Br)cc(CCl)cc21. The molecule has 0 radical (unpaired) electrons. The Bertz CT molecular complexity index is 496. The van der Waals surface area contributed by atoms with Gasteiger partial charge >= 0.3 is 0 Å². The first-order chi connectivity index (χ1) is 8.16. The fraction of sp³-hybridized carbons (Fsp3) is 0.462. The lowest BCUT2D eigenvalue weighted by Gasteiger charge is -2.46. The Kier molecular flexibility index (Phi) is 2.71. The molecule has 3 rings (SSSR count). The van der Waals surface area contributed by atoms with Crippen LogP contribution in [0.25, 0.3) is 0 Å². The lowest BCUT2D eigenvalue weighted by molar-refractivity contribution is 0.0895. The quantitative estimate of drug-likeness (QED) is 0.791. The largest absolute Gasteiger partial charge is 0.351 e. The highest BCUT2D eigenvalue weighted by Gasteiger charge is 2.45. The Hall–Kier alpha value is -0.540. The first-order valence-electron chi connectivity index (χ1n) is 5.83. The zero-order valence-electron chi connectivity index (χ0n) is 9.35. The van der Waals surface area contributed by atoms with Crippen molar-refractivity contribution in [1.29, 1.82) is 0 Å². The average molecular weight is 315 g/mol. The van der Waals surface area contributed by atoms with Gasteiger partial charge in [0, 0.05) is 27.9 Å². The molecule has 1 heterocycles. The molecule has 0 atom stereocenters. The Morgan fingerprint density at radius 1 is 1.41 bits per heavy atom. The van der Waals surface area contributed by atoms with Gasteiger partial charge in [-0.05, 0) is 36.1 Å². The van der Waals surface area contributed by atoms with Gasteiger partial charge in [0.2, 0.25) is 0 Å². The summed E-state index contributed by atoms with van der Waals surface area (Å²) in [5.41, 5.74) is 3.17. The molecule has 4 heteroatoms. The van der Waals surface area contributed by atoms with E-state index in [0.717, 1.165) is 22.1 Å². The number of alkyl halides is 1. The predicted molar refractivity (Wildman–Crippen MR) is 71.6 cm³/mol. The second kappa shape index (κ2) is 3.99. The fourth-order valence-corrected chi connectivity index (χ4v) is 4.00. The third-order valence-corrected chi connectivity index (χ3v) is 4.91. The molecule has 1 N–H and O–H groups in total. The normalized spacial score (nSPS) is 20.7. The highest BCUT2D eigenvalue weighted by molar-refractivity contribution is 9.10. The summed E-state index contributed by atoms with van der Waals surface area (Å²) in [5.74, 6) is 0.469. The van der Waals surface area contributed by atoms with Crippen LogP contribution in [-0.2, 0) is 11.3 Å². The molecule has 0 unspecified atom stereocenters. The molecule has 2 aliphatic rings. The van der Waals surface area contributed by atoms with Crippen LogP contribution in [0.15, 0.2) is 16.6 Å². The second-order valence-electron chi connectivity index (χ2n) is 4.95. The van der Waals surface area contributed by atoms with E-state index in [-0.39, 0.29) is 11.3 Å². The number of amides is 1. The van der Waals surface area contributed by atoms with E-state index in [0.29, 0.717) is 5.88 Å². The van der Waals surface area contributed by atoms with Crippen molar-refractivity contribution in [2.45, 2.75) is 30.6 Å². The van der Waals surface area contributed by atoms with Crippen molar-refractivity contribution in [3.05, 3.63) is 33.3 Å². The molecule has 1 amide bonds. The van der Waals surface area contributed by atoms with Gasteiger partial charge in [-0.25, -0.2) is 0 Å². The van der Waals surface area contributed by atoms with Crippen molar-refractivity contribution < 1.29 is 4.79 Å². The van der Waals surface area contributed by atoms with Crippen molar-refractivity contribution in [1.82, 2.24) is 5.32 Å². The van der Waals surface area contributed by atoms with E-state index >= 15 is 0 Å². The van der Waals surface area contributed by atoms with Gasteiger partial charge in [0.25, 0.3) is 5.91 Å². The zero-order valence-corrected chi connectivity index (χ0v) is 11.7. The second-order valence-corrected chi connectivity index (χ2v) is 6.07. The molecule has 0 bridgehead atoms. The third-order valence-electron chi connectivity index (χ3n) is 3.98. The van der Waals surface area contributed by atoms with Crippen LogP contribution in [0.5, 0.6) is 0 Å². The number of hydrogen-bond donors (Lipinski definition) is 1. The minimum atomic E-state index is 0.0326. The number of carbonyl (C=O) groups is 1. The highest BCUT2D eigenvalue weighted by Crippen LogP contribution is 2.49. The van der Waals surface area contributed by atoms with E-state index in [2.05, 4.69) is 21.2 Å². The molecule has 0 aromatic heterocycles. The molecule has 0 saturated heterocycles. The summed E-state index contributed by atoms with van der Waals surface area (Å²) in [6.07, 6.45) is 3.58. The maximum Gasteiger partial charge on any atom is 0.251 e. The lowest BCUT2D eigenvalue weighted by atomic mass is 9.62. The Balaban J connectivity index is 2.20. The summed E-state index contributed by atoms with van der Waals surface area (Å²) in [5, 5.41) is 3.01. The van der Waals surface area contributed by atoms with E-state index in [4.69, 9.17) is 11.6 Å². The molecule has 17 heavy (non-hydrogen) atoms. The monoisotopic (exact) mass is 313 g/mol. The number of benzene rings is 1. The van der Waals surface area contributed by atoms with E-state index in [1.54, 1.807) is 0 Å². The third kappa shape index (κ3) is 1.63. The van der Waals surface area contributed by atoms with Crippen LogP contribution in [0.3, 0.4) is 0 Å². The summed E-state index contributed by atoms with van der Waals surface area (Å²) in [7, 11) is 0. The number of carbonyl (C=O) groups excluding carboxylic acids is 1. The van der Waals surface area contributed by atoms with Gasteiger partial charge in [-0.1, -0.05) is 22.4 Å². The van der Waals surface area contributed by atoms with Gasteiger partial charge in [-0.2, -0.15) is 0 Å². The maximum absolute atomic E-state index is 12.0. The number of rotatable bonds is 1. The van der Waals surface area contributed by atoms with Crippen molar-refractivity contribution in [3.63, 3.8) is 0 Å². The molecule has 2 nitrogen and oxygen atoms in total. The summed E-state index contributed by atoms with van der Waals surface area (Å²) in [6, 6.07) is 3.98. The average Bonchev–Trinajstić information content (AvgIpc) is 2.28. The van der Waals surface area contributed by atoms with Crippen LogP contribution in [0, 0.1) is 0 Å². The predicted octanol–water partition coefficient (Wildman–Crippen LogP) is 3.35. The minimum absolute atomic E-state index is 0.0326. The van der Waals surface area contributed by atoms with Gasteiger partial charge in [0.1, 0.15) is 0 Å². The van der Waals surface area contributed by atoms with Crippen LogP contribution in [0.1, 0.15) is 40.7 Å². The van der Waals surface area contributed by atoms with Crippen LogP contribution in [0.4, 0.5) is 0 Å². The standard InChI is InChI=1S/C13H13BrClNO/c14-10-5-8(6-15)4-9-11(10)13(2-1-3-13)7-16-12(9)17/h4-5H,1-3,6-7H2,(H,16,17). The molecule has 1 fully saturated rings. The van der Waals surface area contributed by atoms with E-state index in [9.17, 15) is 4.79 Å². The summed E-state index contributed by atoms with van der Waals surface area (Å²) in [6.45, 7) is 0.775. The van der Waals surface area contributed by atoms with Crippen molar-refractivity contribution in [3.8, 4) is 0 Å². The molecule has 1 aromatic carbocycles. The summed E-state index contributed by atoms with van der Waals surface area (Å²) < 4.78 is 1.04. The molecule has 90 valence electrons. The van der Waals surface area contributed by atoms with Crippen LogP contribution >= 0.6 is 27.5 Å². The van der Waals surface area contributed by atoms with Gasteiger partial charge in [0.15, 0.2) is 0 Å². The van der Waals surface area contributed by atoms with Crippen LogP contribution in [-0.4, -0.2) is 12.5 Å². The van der Waals surface area contributed by atoms with Crippen LogP contribution in [0.2, 0.25) is 0 Å². The number of fused-ring (bicyclic) bond motifs is 2. The van der Waals surface area contributed by atoms with Gasteiger partial charge in [-0.15, -0.1) is 11.6 Å². The topological polar surface area (TPSA) is 29.1 Å². The maximum atomic E-state index is 12.0. The molecule has 1 aliphatic carbocycles. The molecule has 1 spiro atoms. The highest BCUT2D eigenvalue weighted by atomic mass is 79.9. The van der Waals surface area contributed by atoms with Gasteiger partial charge < -0.3 is 5.32 Å². The van der Waals surface area contributed by atoms with E-state index < -0.39 is 0 Å². The van der Waals surface area contributed by atoms with E-state index in [1.165, 1.54) is 24.8 Å². The number of nitrogens with one attached hydrogen (secondary N) is 1. The van der Waals surface area contributed by atoms with Crippen molar-refractivity contribution in [2.24, 2.45) is 0 Å². The smallest absolute Gasteiger partial charge is 0.251 e. The Morgan fingerprint density at radius 3 is 2.76 bits per heavy atom. The van der Waals surface area contributed by atoms with Gasteiger partial charge in [-0.3, -0.25) is 4.79 Å². The minimum Gasteiger partial charge on any atom is -0.351 e. The number of hydrogen-bond acceptors (Lipinski definition) is 1. The van der Waals surface area contributed by atoms with E-state index in [1.807, 2.05) is 12.1 Å². The molecular weight excluding hydrogens is 302 g/mol. The fourth-order valence-electron chi connectivity index (χ4n) is 2.92. The first kappa shape index (κ1) is 11.5. The molecular formula is C13H13BrClNO.